The monoisotopic (exact) mass is 328 g/mol. The predicted molar refractivity (Wildman–Crippen MR) is 101 cm³/mol. The molecule has 0 saturated carbocycles. The van der Waals surface area contributed by atoms with Gasteiger partial charge in [-0.15, -0.1) is 0 Å². The minimum Gasteiger partial charge on any atom is -0.353 e. The van der Waals surface area contributed by atoms with E-state index in [1.807, 2.05) is 30.3 Å². The van der Waals surface area contributed by atoms with Crippen LogP contribution in [0.3, 0.4) is 0 Å². The lowest BCUT2D eigenvalue weighted by Crippen LogP contribution is -1.92. The van der Waals surface area contributed by atoms with Gasteiger partial charge in [0.2, 0.25) is 0 Å². The molecule has 0 radical (unpaired) electrons. The summed E-state index contributed by atoms with van der Waals surface area (Å²) >= 11 is 6.21. The van der Waals surface area contributed by atoms with E-state index in [1.165, 1.54) is 10.9 Å². The molecule has 0 atom stereocenters. The Morgan fingerprint density at radius 2 is 1.58 bits per heavy atom. The highest BCUT2D eigenvalue weighted by atomic mass is 35.5. The molecule has 0 saturated heterocycles. The molecule has 0 fully saturated rings. The zero-order chi connectivity index (χ0) is 16.1. The highest BCUT2D eigenvalue weighted by Gasteiger charge is 2.20. The van der Waals surface area contributed by atoms with E-state index < -0.39 is 0 Å². The number of halogens is 1. The lowest BCUT2D eigenvalue weighted by molar-refractivity contribution is 1.37. The Morgan fingerprint density at radius 1 is 0.792 bits per heavy atom. The number of hydrogen-bond acceptors (Lipinski definition) is 1. The molecule has 2 nitrogen and oxygen atoms in total. The Kier molecular flexibility index (Phi) is 2.88. The van der Waals surface area contributed by atoms with Crippen LogP contribution in [0.2, 0.25) is 5.02 Å². The van der Waals surface area contributed by atoms with Crippen molar-refractivity contribution in [3.8, 4) is 22.5 Å². The van der Waals surface area contributed by atoms with Crippen molar-refractivity contribution in [2.45, 2.75) is 0 Å². The number of hydrogen-bond donors (Lipinski definition) is 1. The van der Waals surface area contributed by atoms with Gasteiger partial charge in [-0.05, 0) is 29.8 Å². The van der Waals surface area contributed by atoms with Crippen LogP contribution in [0.25, 0.3) is 44.3 Å². The number of aromatic nitrogens is 2. The smallest absolute Gasteiger partial charge is 0.0964 e. The number of benzene rings is 3. The standard InChI is InChI=1S/C21H13ClN2/c22-14-10-11-18-16(12-14)20-21(24-18)19(13-6-2-1-3-7-13)15-8-4-5-9-17(15)23-20/h1-12,23H. The third kappa shape index (κ3) is 1.93. The maximum absolute atomic E-state index is 6.21. The normalized spacial score (nSPS) is 11.5. The van der Waals surface area contributed by atoms with Crippen molar-refractivity contribution in [3.63, 3.8) is 0 Å². The van der Waals surface area contributed by atoms with Crippen LogP contribution >= 0.6 is 11.6 Å². The molecular formula is C21H13ClN2. The van der Waals surface area contributed by atoms with Crippen molar-refractivity contribution in [2.24, 2.45) is 0 Å². The predicted octanol–water partition coefficient (Wildman–Crippen LogP) is 6.14. The molecule has 1 N–H and O–H groups in total. The van der Waals surface area contributed by atoms with Crippen LogP contribution in [0.15, 0.2) is 72.8 Å². The summed E-state index contributed by atoms with van der Waals surface area (Å²) in [5.74, 6) is 0. The second-order valence-electron chi connectivity index (χ2n) is 5.91. The average molecular weight is 329 g/mol. The number of nitrogens with one attached hydrogen (secondary N) is 1. The Bertz CT molecular complexity index is 1160. The third-order valence-electron chi connectivity index (χ3n) is 4.45. The highest BCUT2D eigenvalue weighted by molar-refractivity contribution is 6.31. The Hall–Kier alpha value is -2.84. The van der Waals surface area contributed by atoms with Gasteiger partial charge in [0.1, 0.15) is 0 Å². The van der Waals surface area contributed by atoms with E-state index in [4.69, 9.17) is 16.6 Å². The summed E-state index contributed by atoms with van der Waals surface area (Å²) in [6, 6.07) is 24.6. The SMILES string of the molecule is Clc1ccc2nc3c(-c4ccccc4)c4ccccc4[nH]c-3c2c1. The van der Waals surface area contributed by atoms with Gasteiger partial charge in [-0.3, -0.25) is 0 Å². The van der Waals surface area contributed by atoms with Gasteiger partial charge < -0.3 is 4.98 Å². The van der Waals surface area contributed by atoms with E-state index >= 15 is 0 Å². The summed E-state index contributed by atoms with van der Waals surface area (Å²) in [4.78, 5) is 8.44. The first-order valence-corrected chi connectivity index (χ1v) is 8.24. The van der Waals surface area contributed by atoms with E-state index in [1.54, 1.807) is 0 Å². The van der Waals surface area contributed by atoms with Gasteiger partial charge in [-0.2, -0.15) is 0 Å². The van der Waals surface area contributed by atoms with Crippen LogP contribution in [-0.4, -0.2) is 9.97 Å². The summed E-state index contributed by atoms with van der Waals surface area (Å²) in [5, 5.41) is 2.95. The molecule has 2 aliphatic rings. The molecule has 0 amide bonds. The van der Waals surface area contributed by atoms with E-state index in [-0.39, 0.29) is 0 Å². The number of para-hydroxylation sites is 1. The maximum atomic E-state index is 6.21. The number of pyridine rings is 1. The Labute approximate surface area is 144 Å². The van der Waals surface area contributed by atoms with E-state index in [2.05, 4.69) is 47.4 Å². The van der Waals surface area contributed by atoms with Crippen LogP contribution in [0.5, 0.6) is 0 Å². The van der Waals surface area contributed by atoms with E-state index in [0.717, 1.165) is 38.4 Å². The van der Waals surface area contributed by atoms with Crippen molar-refractivity contribution < 1.29 is 0 Å². The zero-order valence-electron chi connectivity index (χ0n) is 12.8. The zero-order valence-corrected chi connectivity index (χ0v) is 13.5. The van der Waals surface area contributed by atoms with Crippen LogP contribution in [0.4, 0.5) is 0 Å². The van der Waals surface area contributed by atoms with E-state index in [9.17, 15) is 0 Å². The van der Waals surface area contributed by atoms with Crippen molar-refractivity contribution in [2.75, 3.05) is 0 Å². The lowest BCUT2D eigenvalue weighted by Gasteiger charge is -2.12. The molecule has 2 heterocycles. The van der Waals surface area contributed by atoms with Crippen molar-refractivity contribution in [1.82, 2.24) is 9.97 Å². The number of H-pyrrole nitrogens is 1. The van der Waals surface area contributed by atoms with Crippen LogP contribution in [0.1, 0.15) is 0 Å². The fourth-order valence-electron chi connectivity index (χ4n) is 3.39. The largest absolute Gasteiger partial charge is 0.353 e. The molecule has 5 rings (SSSR count). The molecular weight excluding hydrogens is 316 g/mol. The van der Waals surface area contributed by atoms with Gasteiger partial charge in [0, 0.05) is 26.9 Å². The first-order valence-electron chi connectivity index (χ1n) is 7.86. The fraction of sp³-hybridized carbons (Fsp3) is 0. The molecule has 0 aliphatic carbocycles. The molecule has 24 heavy (non-hydrogen) atoms. The van der Waals surface area contributed by atoms with Crippen molar-refractivity contribution in [3.05, 3.63) is 77.8 Å². The summed E-state index contributed by atoms with van der Waals surface area (Å²) in [5.41, 5.74) is 6.40. The summed E-state index contributed by atoms with van der Waals surface area (Å²) in [6.45, 7) is 0. The fourth-order valence-corrected chi connectivity index (χ4v) is 3.56. The lowest BCUT2D eigenvalue weighted by atomic mass is 9.96. The van der Waals surface area contributed by atoms with Crippen molar-refractivity contribution in [1.29, 1.82) is 0 Å². The quantitative estimate of drug-likeness (QED) is 0.393. The van der Waals surface area contributed by atoms with Gasteiger partial charge >= 0.3 is 0 Å². The molecule has 114 valence electrons. The molecule has 0 unspecified atom stereocenters. The number of nitrogens with zero attached hydrogens (tertiary/aromatic N) is 1. The molecule has 3 aromatic carbocycles. The van der Waals surface area contributed by atoms with E-state index in [0.29, 0.717) is 0 Å². The number of fused-ring (bicyclic) bond motifs is 4. The third-order valence-corrected chi connectivity index (χ3v) is 4.69. The van der Waals surface area contributed by atoms with Gasteiger partial charge in [0.15, 0.2) is 0 Å². The van der Waals surface area contributed by atoms with Crippen LogP contribution in [0, 0.1) is 0 Å². The molecule has 3 heteroatoms. The minimum absolute atomic E-state index is 0.722. The second kappa shape index (κ2) is 5.08. The van der Waals surface area contributed by atoms with Crippen LogP contribution in [-0.2, 0) is 0 Å². The molecule has 0 bridgehead atoms. The minimum atomic E-state index is 0.722. The Morgan fingerprint density at radius 3 is 2.46 bits per heavy atom. The molecule has 2 aliphatic heterocycles. The molecule has 3 aromatic rings. The maximum Gasteiger partial charge on any atom is 0.0964 e. The van der Waals surface area contributed by atoms with Crippen LogP contribution < -0.4 is 0 Å². The first kappa shape index (κ1) is 13.6. The number of aromatic amines is 1. The molecule has 0 spiro atoms. The van der Waals surface area contributed by atoms with Gasteiger partial charge in [-0.25, -0.2) is 4.98 Å². The molecule has 0 aromatic heterocycles. The summed E-state index contributed by atoms with van der Waals surface area (Å²) in [7, 11) is 0. The van der Waals surface area contributed by atoms with Gasteiger partial charge in [0.25, 0.3) is 0 Å². The summed E-state index contributed by atoms with van der Waals surface area (Å²) < 4.78 is 0. The van der Waals surface area contributed by atoms with Gasteiger partial charge in [0.05, 0.1) is 16.9 Å². The summed E-state index contributed by atoms with van der Waals surface area (Å²) in [6.07, 6.45) is 0. The topological polar surface area (TPSA) is 28.7 Å². The number of rotatable bonds is 1. The second-order valence-corrected chi connectivity index (χ2v) is 6.34. The van der Waals surface area contributed by atoms with Crippen molar-refractivity contribution >= 4 is 33.4 Å². The highest BCUT2D eigenvalue weighted by Crippen LogP contribution is 2.41. The average Bonchev–Trinajstić information content (AvgIpc) is 2.98. The first-order chi connectivity index (χ1) is 11.8. The van der Waals surface area contributed by atoms with Gasteiger partial charge in [-0.1, -0.05) is 60.1 Å². The Balaban J connectivity index is 2.00.